The van der Waals surface area contributed by atoms with E-state index < -0.39 is 0 Å². The van der Waals surface area contributed by atoms with E-state index in [9.17, 15) is 9.90 Å². The average Bonchev–Trinajstić information content (AvgIpc) is 3.12. The van der Waals surface area contributed by atoms with Crippen molar-refractivity contribution in [2.24, 2.45) is 35.5 Å². The third-order valence-corrected chi connectivity index (χ3v) is 8.18. The maximum atomic E-state index is 13.0. The lowest BCUT2D eigenvalue weighted by molar-refractivity contribution is -0.141. The molecule has 6 aliphatic carbocycles. The maximum absolute atomic E-state index is 13.0. The molecule has 0 radical (unpaired) electrons. The van der Waals surface area contributed by atoms with Gasteiger partial charge >= 0.3 is 0 Å². The van der Waals surface area contributed by atoms with E-state index in [1.54, 1.807) is 0 Å². The normalized spacial score (nSPS) is 65.0. The highest BCUT2D eigenvalue weighted by atomic mass is 16.3. The largest absolute Gasteiger partial charge is 0.391 e. The van der Waals surface area contributed by atoms with Crippen LogP contribution in [0.25, 0.3) is 0 Å². The lowest BCUT2D eigenvalue weighted by Gasteiger charge is -2.48. The second kappa shape index (κ2) is 3.11. The van der Waals surface area contributed by atoms with Crippen LogP contribution in [0.2, 0.25) is 0 Å². The summed E-state index contributed by atoms with van der Waals surface area (Å²) in [5, 5.41) is 10.6. The number of carbonyl (C=O) groups excluding carboxylic acids is 1. The first-order valence-corrected chi connectivity index (χ1v) is 8.67. The van der Waals surface area contributed by atoms with Gasteiger partial charge in [0.25, 0.3) is 0 Å². The molecule has 108 valence electrons. The Kier molecular flexibility index (Phi) is 1.72. The fraction of sp³-hybridized carbons (Fsp3) is 0.941. The lowest BCUT2D eigenvalue weighted by Crippen LogP contribution is -2.57. The van der Waals surface area contributed by atoms with Crippen LogP contribution in [0.1, 0.15) is 44.9 Å². The first kappa shape index (κ1) is 11.1. The van der Waals surface area contributed by atoms with Crippen LogP contribution in [-0.2, 0) is 4.79 Å². The topological polar surface area (TPSA) is 40.5 Å². The molecule has 1 N–H and O–H groups in total. The van der Waals surface area contributed by atoms with Gasteiger partial charge in [-0.3, -0.25) is 4.79 Å². The van der Waals surface area contributed by atoms with E-state index in [0.717, 1.165) is 30.6 Å². The molecule has 6 saturated carbocycles. The Balaban J connectivity index is 1.45. The summed E-state index contributed by atoms with van der Waals surface area (Å²) in [4.78, 5) is 15.3. The monoisotopic (exact) mass is 273 g/mol. The Morgan fingerprint density at radius 3 is 2.40 bits per heavy atom. The molecule has 7 rings (SSSR count). The Hall–Kier alpha value is -0.570. The Labute approximate surface area is 119 Å². The fourth-order valence-electron chi connectivity index (χ4n) is 7.87. The number of aliphatic hydroxyl groups is 1. The van der Waals surface area contributed by atoms with Gasteiger partial charge in [0.2, 0.25) is 5.91 Å². The van der Waals surface area contributed by atoms with Crippen molar-refractivity contribution in [2.75, 3.05) is 0 Å². The van der Waals surface area contributed by atoms with Gasteiger partial charge in [-0.05, 0) is 74.5 Å². The third-order valence-electron chi connectivity index (χ3n) is 8.18. The number of fused-ring (bicyclic) bond motifs is 1. The van der Waals surface area contributed by atoms with Crippen molar-refractivity contribution < 1.29 is 9.90 Å². The van der Waals surface area contributed by atoms with Crippen molar-refractivity contribution in [3.05, 3.63) is 0 Å². The zero-order valence-electron chi connectivity index (χ0n) is 11.9. The number of nitrogens with zero attached hydrogens (tertiary/aromatic N) is 1. The van der Waals surface area contributed by atoms with E-state index in [2.05, 4.69) is 4.90 Å². The number of carbonyl (C=O) groups is 1. The Morgan fingerprint density at radius 2 is 1.75 bits per heavy atom. The van der Waals surface area contributed by atoms with Gasteiger partial charge in [0.1, 0.15) is 0 Å². The van der Waals surface area contributed by atoms with E-state index in [4.69, 9.17) is 0 Å². The summed E-state index contributed by atoms with van der Waals surface area (Å²) in [7, 11) is 0. The molecule has 3 heteroatoms. The SMILES string of the molecule is O=C1C2CC3CC2C(C3O)N1C12CC3CC(C1)C(C3)C2. The standard InChI is InChI=1S/C17H23NO2/c19-15-9-3-12-13(4-9)16(20)18(14(12)15)17-5-8-1-10(6-17)11(2-8)7-17/h8-15,19H,1-7H2. The minimum absolute atomic E-state index is 0.172. The highest BCUT2D eigenvalue weighted by Gasteiger charge is 2.69. The number of rotatable bonds is 1. The first-order chi connectivity index (χ1) is 9.66. The molecule has 7 aliphatic rings. The molecule has 1 aliphatic heterocycles. The summed E-state index contributed by atoms with van der Waals surface area (Å²) >= 11 is 0. The molecule has 0 aromatic rings. The van der Waals surface area contributed by atoms with Gasteiger partial charge in [0, 0.05) is 11.5 Å². The smallest absolute Gasteiger partial charge is 0.226 e. The molecule has 1 amide bonds. The minimum atomic E-state index is -0.214. The lowest BCUT2D eigenvalue weighted by atomic mass is 9.74. The van der Waals surface area contributed by atoms with Gasteiger partial charge in [-0.2, -0.15) is 0 Å². The average molecular weight is 273 g/mol. The van der Waals surface area contributed by atoms with Crippen molar-refractivity contribution in [1.82, 2.24) is 4.90 Å². The van der Waals surface area contributed by atoms with E-state index >= 15 is 0 Å². The van der Waals surface area contributed by atoms with Crippen molar-refractivity contribution >= 4 is 5.91 Å². The summed E-state index contributed by atoms with van der Waals surface area (Å²) in [6.45, 7) is 0. The molecule has 1 heterocycles. The summed E-state index contributed by atoms with van der Waals surface area (Å²) in [5.74, 6) is 4.31. The molecule has 7 fully saturated rings. The third kappa shape index (κ3) is 1.00. The second-order valence-electron chi connectivity index (χ2n) is 8.89. The van der Waals surface area contributed by atoms with Crippen molar-refractivity contribution in [3.63, 3.8) is 0 Å². The molecule has 1 saturated heterocycles. The van der Waals surface area contributed by atoms with E-state index in [0.29, 0.717) is 17.7 Å². The second-order valence-corrected chi connectivity index (χ2v) is 8.89. The zero-order chi connectivity index (χ0) is 13.2. The van der Waals surface area contributed by atoms with E-state index in [-0.39, 0.29) is 23.6 Å². The zero-order valence-corrected chi connectivity index (χ0v) is 11.9. The molecule has 0 spiro atoms. The molecule has 0 aromatic carbocycles. The Bertz CT molecular complexity index is 498. The molecule has 0 aromatic heterocycles. The number of amides is 1. The quantitative estimate of drug-likeness (QED) is 0.791. The maximum Gasteiger partial charge on any atom is 0.226 e. The molecule has 20 heavy (non-hydrogen) atoms. The molecule has 3 nitrogen and oxygen atoms in total. The molecular formula is C17H23NO2. The Morgan fingerprint density at radius 1 is 1.00 bits per heavy atom. The molecule has 7 atom stereocenters. The summed E-state index contributed by atoms with van der Waals surface area (Å²) in [6, 6.07) is 0.197. The van der Waals surface area contributed by atoms with Crippen molar-refractivity contribution in [2.45, 2.75) is 62.6 Å². The number of aliphatic hydroxyl groups excluding tert-OH is 1. The fourth-order valence-corrected chi connectivity index (χ4v) is 7.87. The predicted octanol–water partition coefficient (Wildman–Crippen LogP) is 1.79. The van der Waals surface area contributed by atoms with Crippen molar-refractivity contribution in [1.29, 1.82) is 0 Å². The van der Waals surface area contributed by atoms with Crippen LogP contribution in [-0.4, -0.2) is 33.6 Å². The van der Waals surface area contributed by atoms with Gasteiger partial charge in [0.05, 0.1) is 12.1 Å². The van der Waals surface area contributed by atoms with Crippen LogP contribution in [0.4, 0.5) is 0 Å². The van der Waals surface area contributed by atoms with Crippen molar-refractivity contribution in [3.8, 4) is 0 Å². The predicted molar refractivity (Wildman–Crippen MR) is 72.6 cm³/mol. The van der Waals surface area contributed by atoms with E-state index in [1.807, 2.05) is 0 Å². The highest BCUT2D eigenvalue weighted by Crippen LogP contribution is 2.66. The number of hydrogen-bond donors (Lipinski definition) is 1. The van der Waals surface area contributed by atoms with Crippen LogP contribution in [0, 0.1) is 35.5 Å². The molecule has 7 unspecified atom stereocenters. The van der Waals surface area contributed by atoms with Crippen LogP contribution in [0.15, 0.2) is 0 Å². The van der Waals surface area contributed by atoms with Crippen LogP contribution in [0.5, 0.6) is 0 Å². The number of likely N-dealkylation sites (tertiary alicyclic amines) is 1. The van der Waals surface area contributed by atoms with Gasteiger partial charge in [-0.1, -0.05) is 0 Å². The minimum Gasteiger partial charge on any atom is -0.391 e. The van der Waals surface area contributed by atoms with Crippen LogP contribution < -0.4 is 0 Å². The highest BCUT2D eigenvalue weighted by molar-refractivity contribution is 5.84. The van der Waals surface area contributed by atoms with Gasteiger partial charge < -0.3 is 10.0 Å². The van der Waals surface area contributed by atoms with E-state index in [1.165, 1.54) is 32.1 Å². The van der Waals surface area contributed by atoms with Gasteiger partial charge in [-0.15, -0.1) is 0 Å². The molecular weight excluding hydrogens is 250 g/mol. The summed E-state index contributed by atoms with van der Waals surface area (Å²) < 4.78 is 0. The van der Waals surface area contributed by atoms with Crippen LogP contribution >= 0.6 is 0 Å². The number of hydrogen-bond acceptors (Lipinski definition) is 2. The summed E-state index contributed by atoms with van der Waals surface area (Å²) in [6.07, 6.45) is 8.50. The van der Waals surface area contributed by atoms with Gasteiger partial charge in [0.15, 0.2) is 0 Å². The van der Waals surface area contributed by atoms with Crippen LogP contribution in [0.3, 0.4) is 0 Å². The first-order valence-electron chi connectivity index (χ1n) is 8.67. The van der Waals surface area contributed by atoms with Gasteiger partial charge in [-0.25, -0.2) is 0 Å². The summed E-state index contributed by atoms with van der Waals surface area (Å²) in [5.41, 5.74) is 0.172. The molecule has 6 bridgehead atoms.